The van der Waals surface area contributed by atoms with Crippen LogP contribution in [0.4, 0.5) is 0 Å². The number of esters is 1. The third-order valence-corrected chi connectivity index (χ3v) is 1.98. The number of allylic oxidation sites excluding steroid dienone is 1. The van der Waals surface area contributed by atoms with Crippen LogP contribution in [0.1, 0.15) is 32.6 Å². The number of hydrogen-bond donors (Lipinski definition) is 0. The van der Waals surface area contributed by atoms with Gasteiger partial charge in [-0.3, -0.25) is 4.79 Å². The van der Waals surface area contributed by atoms with E-state index < -0.39 is 0 Å². The maximum atomic E-state index is 10.3. The minimum atomic E-state index is -0.237. The largest absolute Gasteiger partial charge is 0.435 e. The van der Waals surface area contributed by atoms with E-state index in [2.05, 4.69) is 4.74 Å². The van der Waals surface area contributed by atoms with E-state index in [1.54, 1.807) is 0 Å². The Hall–Kier alpha value is -0.790. The van der Waals surface area contributed by atoms with Crippen molar-refractivity contribution in [2.24, 2.45) is 5.92 Å². The Kier molecular flexibility index (Phi) is 3.14. The van der Waals surface area contributed by atoms with Crippen LogP contribution in [0.5, 0.6) is 0 Å². The lowest BCUT2D eigenvalue weighted by Gasteiger charge is -1.98. The van der Waals surface area contributed by atoms with E-state index in [0.717, 1.165) is 0 Å². The van der Waals surface area contributed by atoms with Crippen LogP contribution in [0.25, 0.3) is 0 Å². The summed E-state index contributed by atoms with van der Waals surface area (Å²) in [7, 11) is 0. The van der Waals surface area contributed by atoms with Gasteiger partial charge in [-0.15, -0.1) is 0 Å². The maximum absolute atomic E-state index is 10.3. The molecule has 0 amide bonds. The molecule has 2 heteroatoms. The topological polar surface area (TPSA) is 26.3 Å². The van der Waals surface area contributed by atoms with Gasteiger partial charge in [-0.25, -0.2) is 0 Å². The zero-order valence-corrected chi connectivity index (χ0v) is 6.88. The van der Waals surface area contributed by atoms with Gasteiger partial charge in [-0.2, -0.15) is 0 Å². The van der Waals surface area contributed by atoms with E-state index in [0.29, 0.717) is 5.92 Å². The smallest absolute Gasteiger partial charge is 0.307 e. The van der Waals surface area contributed by atoms with Crippen LogP contribution in [0.15, 0.2) is 12.3 Å². The Balaban J connectivity index is 2.17. The highest BCUT2D eigenvalue weighted by molar-refractivity contribution is 5.66. The Labute approximate surface area is 67.2 Å². The molecule has 0 aromatic heterocycles. The van der Waals surface area contributed by atoms with E-state index in [-0.39, 0.29) is 5.97 Å². The minimum absolute atomic E-state index is 0.237. The Morgan fingerprint density at radius 1 is 1.45 bits per heavy atom. The van der Waals surface area contributed by atoms with Gasteiger partial charge in [0.1, 0.15) is 0 Å². The molecule has 0 N–H and O–H groups in total. The molecule has 1 saturated carbocycles. The number of rotatable bonds is 2. The summed E-state index contributed by atoms with van der Waals surface area (Å²) in [6, 6.07) is 0. The normalized spacial score (nSPS) is 19.4. The molecule has 1 aliphatic rings. The summed E-state index contributed by atoms with van der Waals surface area (Å²) in [5.74, 6) is 0.411. The molecule has 1 aliphatic carbocycles. The van der Waals surface area contributed by atoms with Gasteiger partial charge in [-0.05, 0) is 24.8 Å². The maximum Gasteiger partial charge on any atom is 0.307 e. The first-order valence-corrected chi connectivity index (χ1v) is 4.13. The molecule has 1 fully saturated rings. The Morgan fingerprint density at radius 3 is 2.64 bits per heavy atom. The molecule has 0 unspecified atom stereocenters. The van der Waals surface area contributed by atoms with Crippen molar-refractivity contribution >= 4 is 5.97 Å². The van der Waals surface area contributed by atoms with Crippen molar-refractivity contribution in [3.8, 4) is 0 Å². The Morgan fingerprint density at radius 2 is 2.09 bits per heavy atom. The standard InChI is InChI=1S/C9H14O2/c1-8(10)11-7-6-9-4-2-3-5-9/h6-7,9H,2-5H2,1H3. The molecule has 0 aromatic rings. The van der Waals surface area contributed by atoms with Gasteiger partial charge in [0.2, 0.25) is 0 Å². The minimum Gasteiger partial charge on any atom is -0.435 e. The van der Waals surface area contributed by atoms with Crippen molar-refractivity contribution in [3.05, 3.63) is 12.3 Å². The van der Waals surface area contributed by atoms with E-state index in [1.165, 1.54) is 38.9 Å². The lowest BCUT2D eigenvalue weighted by molar-refractivity contribution is -0.135. The molecule has 0 bridgehead atoms. The molecule has 0 aromatic carbocycles. The fourth-order valence-corrected chi connectivity index (χ4v) is 1.40. The predicted molar refractivity (Wildman–Crippen MR) is 42.9 cm³/mol. The first kappa shape index (κ1) is 8.31. The number of ether oxygens (including phenoxy) is 1. The quantitative estimate of drug-likeness (QED) is 0.450. The zero-order valence-electron chi connectivity index (χ0n) is 6.88. The van der Waals surface area contributed by atoms with Crippen molar-refractivity contribution in [3.63, 3.8) is 0 Å². The second-order valence-corrected chi connectivity index (χ2v) is 2.98. The van der Waals surface area contributed by atoms with Crippen molar-refractivity contribution in [2.45, 2.75) is 32.6 Å². The lowest BCUT2D eigenvalue weighted by atomic mass is 10.1. The average Bonchev–Trinajstić information content (AvgIpc) is 2.39. The fraction of sp³-hybridized carbons (Fsp3) is 0.667. The molecule has 0 saturated heterocycles. The van der Waals surface area contributed by atoms with Crippen molar-refractivity contribution in [1.82, 2.24) is 0 Å². The van der Waals surface area contributed by atoms with Crippen LogP contribution in [-0.4, -0.2) is 5.97 Å². The summed E-state index contributed by atoms with van der Waals surface area (Å²) in [5.41, 5.74) is 0. The van der Waals surface area contributed by atoms with Crippen molar-refractivity contribution in [2.75, 3.05) is 0 Å². The van der Waals surface area contributed by atoms with Crippen LogP contribution in [0.2, 0.25) is 0 Å². The van der Waals surface area contributed by atoms with Crippen LogP contribution in [0.3, 0.4) is 0 Å². The lowest BCUT2D eigenvalue weighted by Crippen LogP contribution is -1.92. The molecule has 0 atom stereocenters. The molecule has 1 rings (SSSR count). The van der Waals surface area contributed by atoms with Crippen molar-refractivity contribution in [1.29, 1.82) is 0 Å². The van der Waals surface area contributed by atoms with Crippen LogP contribution in [0, 0.1) is 5.92 Å². The Bertz CT molecular complexity index is 155. The third kappa shape index (κ3) is 3.21. The van der Waals surface area contributed by atoms with E-state index in [9.17, 15) is 4.79 Å². The second kappa shape index (κ2) is 4.16. The number of carbonyl (C=O) groups excluding carboxylic acids is 1. The third-order valence-electron chi connectivity index (χ3n) is 1.98. The predicted octanol–water partition coefficient (Wildman–Crippen LogP) is 2.25. The van der Waals surface area contributed by atoms with Crippen LogP contribution < -0.4 is 0 Å². The van der Waals surface area contributed by atoms with E-state index in [1.807, 2.05) is 6.08 Å². The van der Waals surface area contributed by atoms with Gasteiger partial charge in [0.15, 0.2) is 0 Å². The monoisotopic (exact) mass is 154 g/mol. The molecule has 11 heavy (non-hydrogen) atoms. The SMILES string of the molecule is CC(=O)OC=CC1CCCC1. The van der Waals surface area contributed by atoms with Gasteiger partial charge in [0.05, 0.1) is 6.26 Å². The molecular formula is C9H14O2. The molecule has 0 heterocycles. The van der Waals surface area contributed by atoms with Crippen LogP contribution in [-0.2, 0) is 9.53 Å². The van der Waals surface area contributed by atoms with E-state index >= 15 is 0 Å². The van der Waals surface area contributed by atoms with Crippen molar-refractivity contribution < 1.29 is 9.53 Å². The van der Waals surface area contributed by atoms with Gasteiger partial charge in [-0.1, -0.05) is 12.8 Å². The summed E-state index contributed by atoms with van der Waals surface area (Å²) >= 11 is 0. The molecule has 0 spiro atoms. The highest BCUT2D eigenvalue weighted by Crippen LogP contribution is 2.25. The van der Waals surface area contributed by atoms with Gasteiger partial charge in [0, 0.05) is 6.92 Å². The highest BCUT2D eigenvalue weighted by atomic mass is 16.5. The highest BCUT2D eigenvalue weighted by Gasteiger charge is 2.11. The molecule has 62 valence electrons. The number of hydrogen-bond acceptors (Lipinski definition) is 2. The summed E-state index contributed by atoms with van der Waals surface area (Å²) < 4.78 is 4.68. The van der Waals surface area contributed by atoms with E-state index in [4.69, 9.17) is 0 Å². The van der Waals surface area contributed by atoms with Gasteiger partial charge >= 0.3 is 5.97 Å². The number of carbonyl (C=O) groups is 1. The first-order valence-electron chi connectivity index (χ1n) is 4.13. The summed E-state index contributed by atoms with van der Waals surface area (Å²) in [4.78, 5) is 10.3. The summed E-state index contributed by atoms with van der Waals surface area (Å²) in [6.45, 7) is 1.42. The second-order valence-electron chi connectivity index (χ2n) is 2.98. The molecular weight excluding hydrogens is 140 g/mol. The average molecular weight is 154 g/mol. The van der Waals surface area contributed by atoms with Gasteiger partial charge in [0.25, 0.3) is 0 Å². The first-order chi connectivity index (χ1) is 5.29. The summed E-state index contributed by atoms with van der Waals surface area (Å²) in [5, 5.41) is 0. The molecule has 0 radical (unpaired) electrons. The van der Waals surface area contributed by atoms with Gasteiger partial charge < -0.3 is 4.74 Å². The zero-order chi connectivity index (χ0) is 8.10. The molecule has 2 nitrogen and oxygen atoms in total. The molecule has 0 aliphatic heterocycles. The summed E-state index contributed by atoms with van der Waals surface area (Å²) in [6.07, 6.45) is 8.65. The van der Waals surface area contributed by atoms with Crippen LogP contribution >= 0.6 is 0 Å². The fourth-order valence-electron chi connectivity index (χ4n) is 1.40.